The maximum atomic E-state index is 13.6. The van der Waals surface area contributed by atoms with Gasteiger partial charge in [0.15, 0.2) is 0 Å². The zero-order valence-corrected chi connectivity index (χ0v) is 17.9. The average molecular weight is 385 g/mol. The number of amides is 2. The lowest BCUT2D eigenvalue weighted by Gasteiger charge is -2.47. The number of rotatable bonds is 8. The van der Waals surface area contributed by atoms with Crippen molar-refractivity contribution in [2.75, 3.05) is 19.6 Å². The van der Waals surface area contributed by atoms with E-state index < -0.39 is 18.6 Å². The molecule has 0 aromatic carbocycles. The molecule has 0 radical (unpaired) electrons. The highest BCUT2D eigenvalue weighted by Crippen LogP contribution is 2.67. The molecule has 25 heavy (non-hydrogen) atoms. The zero-order valence-electron chi connectivity index (χ0n) is 16.1. The summed E-state index contributed by atoms with van der Waals surface area (Å²) in [7, 11) is -4.24. The summed E-state index contributed by atoms with van der Waals surface area (Å²) in [4.78, 5) is 28.4. The maximum absolute atomic E-state index is 13.6. The molecule has 2 aliphatic rings. The third-order valence-corrected chi connectivity index (χ3v) is 14.3. The monoisotopic (exact) mass is 384 g/mol. The molecule has 2 aliphatic heterocycles. The molecular weight excluding hydrogens is 352 g/mol. The van der Waals surface area contributed by atoms with E-state index in [1.165, 1.54) is 0 Å². The predicted octanol–water partition coefficient (Wildman–Crippen LogP) is 4.35. The summed E-state index contributed by atoms with van der Waals surface area (Å²) in [5.41, 5.74) is 0. The van der Waals surface area contributed by atoms with Crippen LogP contribution in [0.3, 0.4) is 0 Å². The second kappa shape index (κ2) is 8.10. The number of hydrogen-bond acceptors (Lipinski definition) is 3. The van der Waals surface area contributed by atoms with E-state index in [1.807, 2.05) is 36.3 Å². The van der Waals surface area contributed by atoms with Crippen molar-refractivity contribution in [3.63, 3.8) is 0 Å². The Hall–Kier alpha value is -1.05. The van der Waals surface area contributed by atoms with E-state index in [2.05, 4.69) is 26.1 Å². The van der Waals surface area contributed by atoms with Gasteiger partial charge in [-0.05, 0) is 53.8 Å². The smallest absolute Gasteiger partial charge is 0.293 e. The third-order valence-electron chi connectivity index (χ3n) is 5.54. The van der Waals surface area contributed by atoms with Crippen LogP contribution in [0.25, 0.3) is 0 Å². The topological polar surface area (TPSA) is 58.6 Å². The van der Waals surface area contributed by atoms with Crippen LogP contribution >= 0.6 is 10.3 Å². The average Bonchev–Trinajstić information content (AvgIpc) is 3.03. The van der Waals surface area contributed by atoms with E-state index in [-0.39, 0.29) is 17.1 Å². The lowest BCUT2D eigenvalue weighted by molar-refractivity contribution is -0.129. The van der Waals surface area contributed by atoms with E-state index in [0.29, 0.717) is 19.6 Å². The lowest BCUT2D eigenvalue weighted by atomic mass is 10.0. The molecular formula is C18H32N2O3SSi. The van der Waals surface area contributed by atoms with Crippen molar-refractivity contribution in [1.82, 2.24) is 10.2 Å². The van der Waals surface area contributed by atoms with E-state index in [9.17, 15) is 9.59 Å². The fourth-order valence-corrected chi connectivity index (χ4v) is 11.8. The van der Waals surface area contributed by atoms with Crippen molar-refractivity contribution in [2.45, 2.75) is 52.8 Å². The molecule has 2 amide bonds. The van der Waals surface area contributed by atoms with Crippen LogP contribution in [0.2, 0.25) is 18.1 Å². The Balaban J connectivity index is 2.48. The summed E-state index contributed by atoms with van der Waals surface area (Å²) in [6.07, 6.45) is 3.89. The van der Waals surface area contributed by atoms with Gasteiger partial charge in [-0.15, -0.1) is 0 Å². The Morgan fingerprint density at radius 3 is 2.24 bits per heavy atom. The minimum Gasteiger partial charge on any atom is -0.360 e. The summed E-state index contributed by atoms with van der Waals surface area (Å²) in [6, 6.07) is 2.95. The molecule has 5 nitrogen and oxygen atoms in total. The number of β-lactam (4-membered cyclic amide) rings is 1. The van der Waals surface area contributed by atoms with Gasteiger partial charge in [0.05, 0.1) is 5.92 Å². The molecule has 2 atom stereocenters. The van der Waals surface area contributed by atoms with E-state index >= 15 is 0 Å². The highest BCUT2D eigenvalue weighted by atomic mass is 32.3. The van der Waals surface area contributed by atoms with E-state index in [4.69, 9.17) is 3.87 Å². The van der Waals surface area contributed by atoms with Gasteiger partial charge in [-0.1, -0.05) is 26.8 Å². The maximum Gasteiger partial charge on any atom is 0.293 e. The van der Waals surface area contributed by atoms with Gasteiger partial charge in [0.25, 0.3) is 5.24 Å². The number of allylic oxidation sites excluding steroid dienone is 2. The van der Waals surface area contributed by atoms with Gasteiger partial charge < -0.3 is 14.1 Å². The quantitative estimate of drug-likeness (QED) is 0.500. The van der Waals surface area contributed by atoms with Crippen molar-refractivity contribution in [1.29, 1.82) is 0 Å². The molecule has 0 aromatic rings. The van der Waals surface area contributed by atoms with E-state index in [1.54, 1.807) is 0 Å². The standard InChI is InChI=1S/C18H32N2O3SSi/c1-6-20(7-2)18(22)24(23-25(8-3,9-4)10-5)13-11-12-16(24)15-14-19-17(15)21/h11-13,15H,6-10,14H2,1-5H3,(H,19,21). The molecule has 7 heteroatoms. The first-order valence-corrected chi connectivity index (χ1v) is 13.6. The molecule has 2 unspecified atom stereocenters. The first kappa shape index (κ1) is 20.3. The van der Waals surface area contributed by atoms with Crippen molar-refractivity contribution in [3.05, 3.63) is 22.5 Å². The van der Waals surface area contributed by atoms with Crippen LogP contribution in [-0.4, -0.2) is 44.0 Å². The van der Waals surface area contributed by atoms with Crippen LogP contribution < -0.4 is 5.32 Å². The normalized spacial score (nSPS) is 28.0. The molecule has 2 heterocycles. The molecule has 1 N–H and O–H groups in total. The van der Waals surface area contributed by atoms with Gasteiger partial charge in [0, 0.05) is 24.5 Å². The molecule has 1 saturated heterocycles. The fraction of sp³-hybridized carbons (Fsp3) is 0.667. The van der Waals surface area contributed by atoms with Crippen molar-refractivity contribution in [3.8, 4) is 0 Å². The van der Waals surface area contributed by atoms with Crippen molar-refractivity contribution < 1.29 is 13.5 Å². The third kappa shape index (κ3) is 3.46. The van der Waals surface area contributed by atoms with Crippen molar-refractivity contribution in [2.24, 2.45) is 5.92 Å². The largest absolute Gasteiger partial charge is 0.360 e. The van der Waals surface area contributed by atoms with Crippen LogP contribution in [0.1, 0.15) is 34.6 Å². The molecule has 142 valence electrons. The van der Waals surface area contributed by atoms with Gasteiger partial charge >= 0.3 is 0 Å². The van der Waals surface area contributed by atoms with Crippen LogP contribution in [0.4, 0.5) is 4.79 Å². The Kier molecular flexibility index (Phi) is 6.56. The summed E-state index contributed by atoms with van der Waals surface area (Å²) >= 11 is 0. The Labute approximate surface area is 154 Å². The van der Waals surface area contributed by atoms with Crippen LogP contribution in [0, 0.1) is 5.92 Å². The van der Waals surface area contributed by atoms with E-state index in [0.717, 1.165) is 23.0 Å². The fourth-order valence-electron chi connectivity index (χ4n) is 3.42. The van der Waals surface area contributed by atoms with Crippen LogP contribution in [0.15, 0.2) is 22.5 Å². The second-order valence-corrected chi connectivity index (χ2v) is 14.0. The predicted molar refractivity (Wildman–Crippen MR) is 108 cm³/mol. The summed E-state index contributed by atoms with van der Waals surface area (Å²) in [5, 5.41) is 4.84. The highest BCUT2D eigenvalue weighted by Gasteiger charge is 2.50. The summed E-state index contributed by atoms with van der Waals surface area (Å²) in [6.45, 7) is 12.4. The molecule has 0 aliphatic carbocycles. The Morgan fingerprint density at radius 1 is 1.24 bits per heavy atom. The van der Waals surface area contributed by atoms with Crippen molar-refractivity contribution >= 4 is 29.8 Å². The molecule has 0 spiro atoms. The minimum absolute atomic E-state index is 0.0135. The Bertz CT molecular complexity index is 577. The zero-order chi connectivity index (χ0) is 18.7. The first-order chi connectivity index (χ1) is 11.9. The summed E-state index contributed by atoms with van der Waals surface area (Å²) in [5.74, 6) is -0.207. The van der Waals surface area contributed by atoms with Gasteiger partial charge in [0.2, 0.25) is 14.2 Å². The number of carbonyl (C=O) groups is 2. The SMILES string of the molecule is CCN(CC)C(=O)S1(O[Si](CC)(CC)CC)C=CC=C1C1CNC1=O. The Morgan fingerprint density at radius 2 is 1.84 bits per heavy atom. The van der Waals surface area contributed by atoms with Gasteiger partial charge in [-0.25, -0.2) is 0 Å². The number of hydrogen-bond donors (Lipinski definition) is 1. The summed E-state index contributed by atoms with van der Waals surface area (Å²) < 4.78 is 6.89. The van der Waals surface area contributed by atoms with Crippen LogP contribution in [-0.2, 0) is 8.67 Å². The number of carbonyl (C=O) groups excluding carboxylic acids is 2. The second-order valence-electron chi connectivity index (χ2n) is 6.56. The molecule has 0 bridgehead atoms. The lowest BCUT2D eigenvalue weighted by Crippen LogP contribution is -2.51. The number of nitrogens with zero attached hydrogens (tertiary/aromatic N) is 1. The molecule has 0 saturated carbocycles. The minimum atomic E-state index is -2.22. The molecule has 1 fully saturated rings. The van der Waals surface area contributed by atoms with Gasteiger partial charge in [-0.2, -0.15) is 0 Å². The van der Waals surface area contributed by atoms with Gasteiger partial charge in [-0.3, -0.25) is 9.59 Å². The first-order valence-electron chi connectivity index (χ1n) is 9.42. The molecule has 2 rings (SSSR count). The highest BCUT2D eigenvalue weighted by molar-refractivity contribution is 8.47. The van der Waals surface area contributed by atoms with Crippen LogP contribution in [0.5, 0.6) is 0 Å². The van der Waals surface area contributed by atoms with Gasteiger partial charge in [0.1, 0.15) is 0 Å². The number of nitrogens with one attached hydrogen (secondary N) is 1. The molecule has 0 aromatic heterocycles.